The maximum absolute atomic E-state index is 6.26. The highest BCUT2D eigenvalue weighted by Crippen LogP contribution is 2.44. The molecule has 0 saturated heterocycles. The lowest BCUT2D eigenvalue weighted by Crippen LogP contribution is -1.97. The Morgan fingerprint density at radius 3 is 1.82 bits per heavy atom. The van der Waals surface area contributed by atoms with Crippen LogP contribution in [0.15, 0.2) is 174 Å². The van der Waals surface area contributed by atoms with Crippen LogP contribution in [0, 0.1) is 0 Å². The van der Waals surface area contributed by atoms with E-state index in [-0.39, 0.29) is 0 Å². The largest absolute Gasteiger partial charge is 0.456 e. The van der Waals surface area contributed by atoms with Crippen LogP contribution in [0.3, 0.4) is 0 Å². The fraction of sp³-hybridized carbons (Fsp3) is 0. The first-order chi connectivity index (χ1) is 24.3. The van der Waals surface area contributed by atoms with Crippen molar-refractivity contribution in [1.29, 1.82) is 0 Å². The molecule has 0 spiro atoms. The summed E-state index contributed by atoms with van der Waals surface area (Å²) in [7, 11) is 0. The highest BCUT2D eigenvalue weighted by molar-refractivity contribution is 6.22. The SMILES string of the molecule is c1ccc(-n2c3ccccc3c3cc(-n4c5ccccc5c5cc6ccccc6c(-c6ccc7oc8ccccc8c7c6)c54)ccc32)cc1. The standard InChI is InChI=1S/C46H28N2O/c1-2-13-31(14-3-1)47-40-19-9-6-16-34(40)37-28-32(23-24-42(37)47)48-41-20-10-7-17-35(41)39-26-29-12-4-5-15-33(29)45(46(39)48)30-22-25-44-38(27-30)36-18-8-11-21-43(36)49-44/h1-28H. The number of rotatable bonds is 3. The van der Waals surface area contributed by atoms with Crippen molar-refractivity contribution in [3.05, 3.63) is 170 Å². The summed E-state index contributed by atoms with van der Waals surface area (Å²) in [6, 6.07) is 61.4. The Morgan fingerprint density at radius 1 is 0.347 bits per heavy atom. The number of aromatic nitrogens is 2. The Morgan fingerprint density at radius 2 is 0.980 bits per heavy atom. The van der Waals surface area contributed by atoms with Gasteiger partial charge in [-0.15, -0.1) is 0 Å². The van der Waals surface area contributed by atoms with E-state index in [9.17, 15) is 0 Å². The smallest absolute Gasteiger partial charge is 0.135 e. The molecule has 0 saturated carbocycles. The van der Waals surface area contributed by atoms with Crippen molar-refractivity contribution in [2.24, 2.45) is 0 Å². The van der Waals surface area contributed by atoms with Gasteiger partial charge in [-0.1, -0.05) is 103 Å². The van der Waals surface area contributed by atoms with Gasteiger partial charge in [0.15, 0.2) is 0 Å². The van der Waals surface area contributed by atoms with Gasteiger partial charge in [0.05, 0.1) is 22.1 Å². The summed E-state index contributed by atoms with van der Waals surface area (Å²) < 4.78 is 11.1. The minimum absolute atomic E-state index is 0.905. The maximum atomic E-state index is 6.26. The van der Waals surface area contributed by atoms with Crippen LogP contribution in [0.1, 0.15) is 0 Å². The van der Waals surface area contributed by atoms with Crippen LogP contribution in [0.25, 0.3) is 98.8 Å². The summed E-state index contributed by atoms with van der Waals surface area (Å²) in [5.74, 6) is 0. The van der Waals surface area contributed by atoms with E-state index in [1.165, 1.54) is 65.5 Å². The molecule has 11 aromatic rings. The monoisotopic (exact) mass is 624 g/mol. The van der Waals surface area contributed by atoms with Crippen LogP contribution in [-0.2, 0) is 0 Å². The first-order valence-corrected chi connectivity index (χ1v) is 16.8. The van der Waals surface area contributed by atoms with E-state index in [1.807, 2.05) is 12.1 Å². The highest BCUT2D eigenvalue weighted by Gasteiger charge is 2.21. The predicted molar refractivity (Wildman–Crippen MR) is 205 cm³/mol. The minimum Gasteiger partial charge on any atom is -0.456 e. The Hall–Kier alpha value is -6.58. The maximum Gasteiger partial charge on any atom is 0.135 e. The number of nitrogens with zero attached hydrogens (tertiary/aromatic N) is 2. The van der Waals surface area contributed by atoms with Gasteiger partial charge in [0, 0.05) is 49.3 Å². The van der Waals surface area contributed by atoms with E-state index >= 15 is 0 Å². The zero-order valence-electron chi connectivity index (χ0n) is 26.5. The number of hydrogen-bond donors (Lipinski definition) is 0. The fourth-order valence-electron chi connectivity index (χ4n) is 8.19. The molecule has 0 N–H and O–H groups in total. The molecule has 3 heterocycles. The number of benzene rings is 8. The van der Waals surface area contributed by atoms with Gasteiger partial charge in [0.1, 0.15) is 11.2 Å². The number of para-hydroxylation sites is 4. The number of hydrogen-bond acceptors (Lipinski definition) is 1. The van der Waals surface area contributed by atoms with Gasteiger partial charge < -0.3 is 13.6 Å². The van der Waals surface area contributed by atoms with Gasteiger partial charge in [-0.3, -0.25) is 0 Å². The molecule has 0 aliphatic rings. The molecule has 3 aromatic heterocycles. The molecule has 0 aliphatic carbocycles. The van der Waals surface area contributed by atoms with Gasteiger partial charge in [0.25, 0.3) is 0 Å². The highest BCUT2D eigenvalue weighted by atomic mass is 16.3. The van der Waals surface area contributed by atoms with E-state index in [0.717, 1.165) is 33.3 Å². The summed E-state index contributed by atoms with van der Waals surface area (Å²) in [4.78, 5) is 0. The summed E-state index contributed by atoms with van der Waals surface area (Å²) >= 11 is 0. The average Bonchev–Trinajstić information content (AvgIpc) is 3.81. The molecule has 3 heteroatoms. The lowest BCUT2D eigenvalue weighted by atomic mass is 9.94. The minimum atomic E-state index is 0.905. The molecular weight excluding hydrogens is 597 g/mol. The van der Waals surface area contributed by atoms with Crippen molar-refractivity contribution in [2.45, 2.75) is 0 Å². The molecule has 0 aliphatic heterocycles. The van der Waals surface area contributed by atoms with E-state index in [0.29, 0.717) is 0 Å². The van der Waals surface area contributed by atoms with Crippen LogP contribution in [0.2, 0.25) is 0 Å². The molecule has 0 unspecified atom stereocenters. The zero-order valence-corrected chi connectivity index (χ0v) is 26.5. The van der Waals surface area contributed by atoms with E-state index in [4.69, 9.17) is 4.42 Å². The summed E-state index contributed by atoms with van der Waals surface area (Å²) in [6.45, 7) is 0. The first kappa shape index (κ1) is 26.5. The Kier molecular flexibility index (Phi) is 5.38. The molecule has 0 radical (unpaired) electrons. The lowest BCUT2D eigenvalue weighted by Gasteiger charge is -2.15. The van der Waals surface area contributed by atoms with Crippen molar-refractivity contribution in [3.8, 4) is 22.5 Å². The van der Waals surface area contributed by atoms with Gasteiger partial charge in [-0.2, -0.15) is 0 Å². The third-order valence-corrected chi connectivity index (χ3v) is 10.3. The molecule has 0 fully saturated rings. The summed E-state index contributed by atoms with van der Waals surface area (Å²) in [6.07, 6.45) is 0. The fourth-order valence-corrected chi connectivity index (χ4v) is 8.19. The van der Waals surface area contributed by atoms with Crippen molar-refractivity contribution < 1.29 is 4.42 Å². The van der Waals surface area contributed by atoms with Crippen LogP contribution in [-0.4, -0.2) is 9.13 Å². The van der Waals surface area contributed by atoms with Gasteiger partial charge in [-0.05, 0) is 83.1 Å². The van der Waals surface area contributed by atoms with Gasteiger partial charge in [0.2, 0.25) is 0 Å². The predicted octanol–water partition coefficient (Wildman–Crippen LogP) is 12.6. The molecule has 3 nitrogen and oxygen atoms in total. The molecule has 11 rings (SSSR count). The lowest BCUT2D eigenvalue weighted by molar-refractivity contribution is 0.669. The van der Waals surface area contributed by atoms with Crippen LogP contribution >= 0.6 is 0 Å². The summed E-state index contributed by atoms with van der Waals surface area (Å²) in [5.41, 5.74) is 11.3. The third-order valence-electron chi connectivity index (χ3n) is 10.3. The number of furan rings is 1. The van der Waals surface area contributed by atoms with Crippen LogP contribution < -0.4 is 0 Å². The normalized spacial score (nSPS) is 12.1. The van der Waals surface area contributed by atoms with E-state index in [1.54, 1.807) is 0 Å². The van der Waals surface area contributed by atoms with E-state index < -0.39 is 0 Å². The summed E-state index contributed by atoms with van der Waals surface area (Å²) in [5, 5.41) is 9.69. The molecule has 0 amide bonds. The Balaban J connectivity index is 1.28. The second-order valence-electron chi connectivity index (χ2n) is 12.9. The molecule has 0 bridgehead atoms. The van der Waals surface area contributed by atoms with Crippen molar-refractivity contribution in [2.75, 3.05) is 0 Å². The molecule has 8 aromatic carbocycles. The second kappa shape index (κ2) is 9.96. The van der Waals surface area contributed by atoms with Gasteiger partial charge in [-0.25, -0.2) is 0 Å². The average molecular weight is 625 g/mol. The Labute approximate surface area is 281 Å². The van der Waals surface area contributed by atoms with Crippen molar-refractivity contribution >= 4 is 76.3 Å². The number of fused-ring (bicyclic) bond motifs is 10. The van der Waals surface area contributed by atoms with Gasteiger partial charge >= 0.3 is 0 Å². The molecule has 0 atom stereocenters. The zero-order chi connectivity index (χ0) is 32.1. The van der Waals surface area contributed by atoms with Crippen molar-refractivity contribution in [1.82, 2.24) is 9.13 Å². The first-order valence-electron chi connectivity index (χ1n) is 16.8. The van der Waals surface area contributed by atoms with Crippen LogP contribution in [0.5, 0.6) is 0 Å². The third kappa shape index (κ3) is 3.73. The quantitative estimate of drug-likeness (QED) is 0.192. The van der Waals surface area contributed by atoms with Crippen molar-refractivity contribution in [3.63, 3.8) is 0 Å². The van der Waals surface area contributed by atoms with E-state index in [2.05, 4.69) is 167 Å². The molecule has 49 heavy (non-hydrogen) atoms. The Bertz CT molecular complexity index is 3100. The molecule has 228 valence electrons. The topological polar surface area (TPSA) is 23.0 Å². The molecular formula is C46H28N2O. The van der Waals surface area contributed by atoms with Crippen LogP contribution in [0.4, 0.5) is 0 Å². The second-order valence-corrected chi connectivity index (χ2v) is 12.9.